The quantitative estimate of drug-likeness (QED) is 0.254. The number of benzene rings is 3. The molecule has 3 amide bonds. The topological polar surface area (TPSA) is 116 Å². The molecule has 3 heterocycles. The lowest BCUT2D eigenvalue weighted by atomic mass is 9.94. The second kappa shape index (κ2) is 12.2. The van der Waals surface area contributed by atoms with Crippen molar-refractivity contribution in [3.63, 3.8) is 0 Å². The van der Waals surface area contributed by atoms with E-state index in [9.17, 15) is 14.4 Å². The minimum absolute atomic E-state index is 0.00338. The highest BCUT2D eigenvalue weighted by Gasteiger charge is 2.50. The second-order valence-corrected chi connectivity index (χ2v) is 11.7. The van der Waals surface area contributed by atoms with Gasteiger partial charge in [0, 0.05) is 68.2 Å². The zero-order valence-corrected chi connectivity index (χ0v) is 26.0. The van der Waals surface area contributed by atoms with Crippen LogP contribution in [0.1, 0.15) is 17.5 Å². The summed E-state index contributed by atoms with van der Waals surface area (Å²) in [6, 6.07) is 14.0. The number of hydrogen-bond acceptors (Lipinski definition) is 7. The van der Waals surface area contributed by atoms with Gasteiger partial charge in [-0.1, -0.05) is 41.9 Å². The van der Waals surface area contributed by atoms with Crippen LogP contribution in [0.4, 0.5) is 10.1 Å². The number of likely N-dealkylation sites (N-methyl/N-ethyl adjacent to an activating group) is 2. The average Bonchev–Trinajstić information content (AvgIpc) is 3.74. The number of epoxide rings is 1. The lowest BCUT2D eigenvalue weighted by Gasteiger charge is -2.18. The summed E-state index contributed by atoms with van der Waals surface area (Å²) in [7, 11) is 4.85. The van der Waals surface area contributed by atoms with Crippen LogP contribution in [0.3, 0.4) is 0 Å². The molecule has 0 spiro atoms. The van der Waals surface area contributed by atoms with Gasteiger partial charge in [-0.2, -0.15) is 0 Å². The molecule has 3 atom stereocenters. The number of rotatable bonds is 8. The van der Waals surface area contributed by atoms with Crippen molar-refractivity contribution in [3.8, 4) is 28.0 Å². The molecular formula is C33H33ClFN5O5. The largest absolute Gasteiger partial charge is 0.496 e. The van der Waals surface area contributed by atoms with E-state index in [1.807, 2.05) is 25.1 Å². The molecule has 0 aliphatic carbocycles. The molecule has 2 saturated heterocycles. The lowest BCUT2D eigenvalue weighted by Crippen LogP contribution is -2.34. The monoisotopic (exact) mass is 633 g/mol. The van der Waals surface area contributed by atoms with Crippen LogP contribution in [0.2, 0.25) is 5.02 Å². The average molecular weight is 634 g/mol. The minimum atomic E-state index is -0.534. The van der Waals surface area contributed by atoms with Crippen LogP contribution in [0.15, 0.2) is 60.3 Å². The summed E-state index contributed by atoms with van der Waals surface area (Å²) in [5, 5.41) is 9.26. The minimum Gasteiger partial charge on any atom is -0.496 e. The van der Waals surface area contributed by atoms with E-state index in [0.717, 1.165) is 11.1 Å². The fourth-order valence-electron chi connectivity index (χ4n) is 5.80. The van der Waals surface area contributed by atoms with E-state index in [1.165, 1.54) is 24.3 Å². The first-order valence-electron chi connectivity index (χ1n) is 14.5. The number of methoxy groups -OCH3 is 1. The Bertz CT molecular complexity index is 1750. The van der Waals surface area contributed by atoms with Gasteiger partial charge >= 0.3 is 0 Å². The maximum atomic E-state index is 15.5. The Morgan fingerprint density at radius 2 is 1.84 bits per heavy atom. The summed E-state index contributed by atoms with van der Waals surface area (Å²) in [6.07, 6.45) is 1.19. The molecule has 3 aliphatic rings. The smallest absolute Gasteiger partial charge is 0.262 e. The Labute approximate surface area is 265 Å². The van der Waals surface area contributed by atoms with Crippen molar-refractivity contribution < 1.29 is 28.2 Å². The van der Waals surface area contributed by atoms with Crippen molar-refractivity contribution in [2.75, 3.05) is 33.1 Å². The van der Waals surface area contributed by atoms with Gasteiger partial charge < -0.3 is 35.2 Å². The summed E-state index contributed by atoms with van der Waals surface area (Å²) in [5.41, 5.74) is 4.21. The number of carbonyl (C=O) groups excluding carboxylic acids is 3. The predicted molar refractivity (Wildman–Crippen MR) is 168 cm³/mol. The van der Waals surface area contributed by atoms with Crippen molar-refractivity contribution in [1.82, 2.24) is 20.4 Å². The summed E-state index contributed by atoms with van der Waals surface area (Å²) < 4.78 is 26.5. The molecule has 12 heteroatoms. The highest BCUT2D eigenvalue weighted by molar-refractivity contribution is 6.36. The molecule has 0 aromatic heterocycles. The molecule has 3 N–H and O–H groups in total. The van der Waals surface area contributed by atoms with Crippen LogP contribution in [0, 0.1) is 12.7 Å². The fourth-order valence-corrected chi connectivity index (χ4v) is 6.14. The molecule has 3 aromatic carbocycles. The third-order valence-electron chi connectivity index (χ3n) is 8.46. The first kappa shape index (κ1) is 30.6. The molecule has 234 valence electrons. The Morgan fingerprint density at radius 1 is 1.11 bits per heavy atom. The Kier molecular flexibility index (Phi) is 8.25. The molecule has 45 heavy (non-hydrogen) atoms. The molecule has 3 aliphatic heterocycles. The summed E-state index contributed by atoms with van der Waals surface area (Å²) in [4.78, 5) is 40.9. The summed E-state index contributed by atoms with van der Waals surface area (Å²) in [6.45, 7) is 2.55. The van der Waals surface area contributed by atoms with E-state index in [4.69, 9.17) is 21.1 Å². The second-order valence-electron chi connectivity index (χ2n) is 11.4. The maximum Gasteiger partial charge on any atom is 0.262 e. The third-order valence-corrected chi connectivity index (χ3v) is 8.87. The zero-order chi connectivity index (χ0) is 32.0. The first-order valence-corrected chi connectivity index (χ1v) is 14.9. The number of nitrogens with zero attached hydrogens (tertiary/aromatic N) is 2. The standard InChI is InChI=1S/C33H33ClFN5O5/c1-17-20(7-6-10-26(17)38-30(42)24-16-39(2)32-33(45-32)40(3)31(24)43)22-9-5-8-21(29(22)34)18-11-25(35)23(27(12-18)44-4)15-36-19-13-28(41)37-14-19/h5-12,16,19,32-33,36H,13-15H2,1-4H3,(H,37,41)(H,38,42)/t19-,32?,33?/m1/s1. The lowest BCUT2D eigenvalue weighted by molar-refractivity contribution is -0.129. The van der Waals surface area contributed by atoms with Gasteiger partial charge in [0.05, 0.1) is 12.1 Å². The van der Waals surface area contributed by atoms with E-state index in [0.29, 0.717) is 51.7 Å². The van der Waals surface area contributed by atoms with Crippen LogP contribution in [-0.2, 0) is 25.7 Å². The van der Waals surface area contributed by atoms with Gasteiger partial charge in [-0.3, -0.25) is 14.4 Å². The predicted octanol–water partition coefficient (Wildman–Crippen LogP) is 4.02. The Hall–Kier alpha value is -4.45. The molecule has 0 radical (unpaired) electrons. The van der Waals surface area contributed by atoms with Gasteiger partial charge in [0.1, 0.15) is 17.1 Å². The number of amides is 3. The van der Waals surface area contributed by atoms with E-state index in [-0.39, 0.29) is 36.5 Å². The van der Waals surface area contributed by atoms with Crippen molar-refractivity contribution in [2.24, 2.45) is 0 Å². The number of hydrogen-bond donors (Lipinski definition) is 3. The molecule has 3 aromatic rings. The number of fused-ring (bicyclic) bond motifs is 1. The van der Waals surface area contributed by atoms with E-state index >= 15 is 4.39 Å². The number of anilines is 1. The molecule has 0 bridgehead atoms. The molecule has 6 rings (SSSR count). The van der Waals surface area contributed by atoms with Crippen molar-refractivity contribution in [3.05, 3.63) is 82.3 Å². The maximum absolute atomic E-state index is 15.5. The van der Waals surface area contributed by atoms with E-state index in [1.54, 1.807) is 43.3 Å². The highest BCUT2D eigenvalue weighted by Crippen LogP contribution is 2.41. The molecule has 10 nitrogen and oxygen atoms in total. The van der Waals surface area contributed by atoms with Gasteiger partial charge in [-0.25, -0.2) is 4.39 Å². The SMILES string of the molecule is COc1cc(-c2cccc(-c3cccc(NC(=O)C4=CN(C)C5OC5N(C)C4=O)c3C)c2Cl)cc(F)c1CN[C@H]1CNC(=O)C1. The van der Waals surface area contributed by atoms with Crippen LogP contribution < -0.4 is 20.7 Å². The number of carbonyl (C=O) groups is 3. The molecule has 2 fully saturated rings. The number of ether oxygens (including phenoxy) is 2. The molecule has 2 unspecified atom stereocenters. The van der Waals surface area contributed by atoms with Crippen molar-refractivity contribution in [2.45, 2.75) is 38.4 Å². The first-order chi connectivity index (χ1) is 21.6. The van der Waals surface area contributed by atoms with E-state index < -0.39 is 17.6 Å². The zero-order valence-electron chi connectivity index (χ0n) is 25.2. The normalized spacial score (nSPS) is 20.8. The summed E-state index contributed by atoms with van der Waals surface area (Å²) >= 11 is 6.99. The van der Waals surface area contributed by atoms with Gasteiger partial charge in [-0.05, 0) is 41.8 Å². The molecule has 0 saturated carbocycles. The van der Waals surface area contributed by atoms with Crippen molar-refractivity contribution >= 4 is 35.0 Å². The van der Waals surface area contributed by atoms with Crippen molar-refractivity contribution in [1.29, 1.82) is 0 Å². The van der Waals surface area contributed by atoms with E-state index in [2.05, 4.69) is 16.0 Å². The Balaban J connectivity index is 1.27. The van der Waals surface area contributed by atoms with Gasteiger partial charge in [-0.15, -0.1) is 0 Å². The van der Waals surface area contributed by atoms with Crippen LogP contribution >= 0.6 is 11.6 Å². The van der Waals surface area contributed by atoms with Gasteiger partial charge in [0.2, 0.25) is 5.91 Å². The van der Waals surface area contributed by atoms with Gasteiger partial charge in [0.15, 0.2) is 12.5 Å². The van der Waals surface area contributed by atoms with Crippen LogP contribution in [-0.4, -0.2) is 73.8 Å². The molecular weight excluding hydrogens is 601 g/mol. The highest BCUT2D eigenvalue weighted by atomic mass is 35.5. The van der Waals surface area contributed by atoms with Gasteiger partial charge in [0.25, 0.3) is 11.8 Å². The number of nitrogens with one attached hydrogen (secondary N) is 3. The number of halogens is 2. The Morgan fingerprint density at radius 3 is 2.58 bits per heavy atom. The fraction of sp³-hybridized carbons (Fsp3) is 0.303. The van der Waals surface area contributed by atoms with Crippen LogP contribution in [0.5, 0.6) is 5.75 Å². The summed E-state index contributed by atoms with van der Waals surface area (Å²) in [5.74, 6) is -1.09. The third kappa shape index (κ3) is 5.86. The van der Waals surface area contributed by atoms with Crippen LogP contribution in [0.25, 0.3) is 22.3 Å².